The lowest BCUT2D eigenvalue weighted by atomic mass is 10.2. The third-order valence-corrected chi connectivity index (χ3v) is 4.97. The minimum absolute atomic E-state index is 0.191. The van der Waals surface area contributed by atoms with Crippen molar-refractivity contribution in [2.24, 2.45) is 0 Å². The van der Waals surface area contributed by atoms with Crippen LogP contribution in [0.1, 0.15) is 24.4 Å². The van der Waals surface area contributed by atoms with Crippen molar-refractivity contribution in [2.45, 2.75) is 26.1 Å². The van der Waals surface area contributed by atoms with Crippen LogP contribution in [0, 0.1) is 6.92 Å². The molecule has 0 saturated heterocycles. The molecule has 1 atom stereocenters. The van der Waals surface area contributed by atoms with Gasteiger partial charge in [0.25, 0.3) is 0 Å². The van der Waals surface area contributed by atoms with Crippen molar-refractivity contribution in [1.82, 2.24) is 9.78 Å². The molecule has 4 nitrogen and oxygen atoms in total. The number of nitrogens with zero attached hydrogens (tertiary/aromatic N) is 2. The molecule has 0 saturated carbocycles. The summed E-state index contributed by atoms with van der Waals surface area (Å²) >= 11 is 14.5. The van der Waals surface area contributed by atoms with Gasteiger partial charge in [0.1, 0.15) is 6.04 Å². The molecule has 1 aromatic carbocycles. The molecule has 0 spiro atoms. The quantitative estimate of drug-likeness (QED) is 0.681. The molecule has 1 aromatic heterocycles. The summed E-state index contributed by atoms with van der Waals surface area (Å²) in [5.74, 6) is -0.541. The molecule has 2 rings (SSSR count). The Morgan fingerprint density at radius 3 is 2.46 bits per heavy atom. The summed E-state index contributed by atoms with van der Waals surface area (Å²) in [7, 11) is 0. The molecule has 24 heavy (non-hydrogen) atoms. The maximum absolute atomic E-state index is 12.9. The smallest absolute Gasteiger partial charge is 0.324 e. The van der Waals surface area contributed by atoms with Gasteiger partial charge in [-0.3, -0.25) is 9.48 Å². The summed E-state index contributed by atoms with van der Waals surface area (Å²) in [5.41, 5.74) is -0.505. The largest absolute Gasteiger partial charge is 0.436 e. The van der Waals surface area contributed by atoms with Crippen molar-refractivity contribution < 1.29 is 18.0 Å². The Hall–Kier alpha value is -1.25. The van der Waals surface area contributed by atoms with E-state index in [1.54, 1.807) is 0 Å². The van der Waals surface area contributed by atoms with Crippen molar-refractivity contribution in [3.05, 3.63) is 44.1 Å². The van der Waals surface area contributed by atoms with Crippen LogP contribution in [0.3, 0.4) is 0 Å². The molecule has 0 aliphatic carbocycles. The van der Waals surface area contributed by atoms with Gasteiger partial charge < -0.3 is 5.32 Å². The molecule has 0 aliphatic rings. The maximum atomic E-state index is 12.9. The first-order valence-corrected chi connectivity index (χ1v) is 8.15. The number of alkyl halides is 3. The molecule has 0 radical (unpaired) electrons. The number of benzene rings is 1. The molecular weight excluding hydrogens is 434 g/mol. The van der Waals surface area contributed by atoms with Crippen LogP contribution in [0.2, 0.25) is 10.0 Å². The van der Waals surface area contributed by atoms with Crippen molar-refractivity contribution in [3.8, 4) is 0 Å². The summed E-state index contributed by atoms with van der Waals surface area (Å²) in [4.78, 5) is 12.3. The van der Waals surface area contributed by atoms with E-state index in [1.165, 1.54) is 32.0 Å². The zero-order valence-electron chi connectivity index (χ0n) is 12.4. The van der Waals surface area contributed by atoms with Gasteiger partial charge in [-0.05, 0) is 48.0 Å². The number of hydrogen-bond donors (Lipinski definition) is 1. The second-order valence-electron chi connectivity index (χ2n) is 4.98. The first kappa shape index (κ1) is 19.1. The van der Waals surface area contributed by atoms with Gasteiger partial charge in [-0.2, -0.15) is 18.3 Å². The zero-order valence-corrected chi connectivity index (χ0v) is 15.5. The molecule has 1 amide bonds. The van der Waals surface area contributed by atoms with Crippen LogP contribution in [-0.4, -0.2) is 15.7 Å². The molecule has 2 aromatic rings. The molecule has 0 fully saturated rings. The lowest BCUT2D eigenvalue weighted by Crippen LogP contribution is -2.25. The van der Waals surface area contributed by atoms with Gasteiger partial charge in [-0.1, -0.05) is 23.2 Å². The Labute approximate surface area is 154 Å². The standard InChI is InChI=1S/C14H11BrCl2F3N3O/c1-6-11(15)12(14(18,19)20)22-23(6)7(2)13(24)21-8-3-4-9(16)10(17)5-8/h3-5,7H,1-2H3,(H,21,24). The van der Waals surface area contributed by atoms with Crippen molar-refractivity contribution in [3.63, 3.8) is 0 Å². The van der Waals surface area contributed by atoms with Crippen LogP contribution in [0.5, 0.6) is 0 Å². The number of rotatable bonds is 3. The highest BCUT2D eigenvalue weighted by atomic mass is 79.9. The minimum Gasteiger partial charge on any atom is -0.324 e. The lowest BCUT2D eigenvalue weighted by molar-refractivity contribution is -0.142. The van der Waals surface area contributed by atoms with E-state index in [9.17, 15) is 18.0 Å². The van der Waals surface area contributed by atoms with Gasteiger partial charge in [0, 0.05) is 5.69 Å². The van der Waals surface area contributed by atoms with Gasteiger partial charge >= 0.3 is 6.18 Å². The topological polar surface area (TPSA) is 46.9 Å². The second kappa shape index (κ2) is 6.93. The summed E-state index contributed by atoms with van der Waals surface area (Å²) in [5, 5.41) is 6.65. The molecule has 130 valence electrons. The van der Waals surface area contributed by atoms with E-state index in [2.05, 4.69) is 26.3 Å². The average molecular weight is 445 g/mol. The van der Waals surface area contributed by atoms with Crippen LogP contribution in [0.25, 0.3) is 0 Å². The molecule has 1 N–H and O–H groups in total. The van der Waals surface area contributed by atoms with Crippen LogP contribution < -0.4 is 5.32 Å². The fourth-order valence-electron chi connectivity index (χ4n) is 1.99. The number of anilines is 1. The predicted octanol–water partition coefficient (Wildman–Crippen LogP) is 5.48. The normalized spacial score (nSPS) is 13.0. The Morgan fingerprint density at radius 2 is 1.96 bits per heavy atom. The fraction of sp³-hybridized carbons (Fsp3) is 0.286. The highest BCUT2D eigenvalue weighted by Gasteiger charge is 2.38. The van der Waals surface area contributed by atoms with Crippen molar-refractivity contribution in [2.75, 3.05) is 5.32 Å². The minimum atomic E-state index is -4.62. The summed E-state index contributed by atoms with van der Waals surface area (Å²) in [6.07, 6.45) is -4.62. The van der Waals surface area contributed by atoms with Gasteiger partial charge in [-0.25, -0.2) is 0 Å². The van der Waals surface area contributed by atoms with E-state index in [-0.39, 0.29) is 15.2 Å². The summed E-state index contributed by atoms with van der Waals surface area (Å²) in [6, 6.07) is 3.52. The average Bonchev–Trinajstić information content (AvgIpc) is 2.78. The van der Waals surface area contributed by atoms with Crippen LogP contribution >= 0.6 is 39.1 Å². The van der Waals surface area contributed by atoms with E-state index in [4.69, 9.17) is 23.2 Å². The zero-order chi connectivity index (χ0) is 18.2. The predicted molar refractivity (Wildman–Crippen MR) is 89.5 cm³/mol. The molecule has 10 heteroatoms. The Kier molecular flexibility index (Phi) is 5.51. The van der Waals surface area contributed by atoms with Gasteiger partial charge in [0.05, 0.1) is 20.2 Å². The number of nitrogens with one attached hydrogen (secondary N) is 1. The monoisotopic (exact) mass is 443 g/mol. The molecular formula is C14H11BrCl2F3N3O. The summed E-state index contributed by atoms with van der Waals surface area (Å²) in [6.45, 7) is 2.88. The van der Waals surface area contributed by atoms with Crippen LogP contribution in [0.15, 0.2) is 22.7 Å². The van der Waals surface area contributed by atoms with E-state index in [0.29, 0.717) is 10.7 Å². The van der Waals surface area contributed by atoms with Crippen LogP contribution in [0.4, 0.5) is 18.9 Å². The Balaban J connectivity index is 2.26. The van der Waals surface area contributed by atoms with E-state index in [1.807, 2.05) is 0 Å². The number of carbonyl (C=O) groups excluding carboxylic acids is 1. The van der Waals surface area contributed by atoms with Crippen LogP contribution in [-0.2, 0) is 11.0 Å². The van der Waals surface area contributed by atoms with E-state index < -0.39 is 23.8 Å². The molecule has 0 aliphatic heterocycles. The number of halogens is 6. The third kappa shape index (κ3) is 3.87. The highest BCUT2D eigenvalue weighted by molar-refractivity contribution is 9.10. The first-order valence-electron chi connectivity index (χ1n) is 6.60. The number of hydrogen-bond acceptors (Lipinski definition) is 2. The number of aromatic nitrogens is 2. The Bertz CT molecular complexity index is 792. The van der Waals surface area contributed by atoms with Gasteiger partial charge in [-0.15, -0.1) is 0 Å². The van der Waals surface area contributed by atoms with Crippen molar-refractivity contribution in [1.29, 1.82) is 0 Å². The van der Waals surface area contributed by atoms with Gasteiger partial charge in [0.2, 0.25) is 5.91 Å². The SMILES string of the molecule is Cc1c(Br)c(C(F)(F)F)nn1C(C)C(=O)Nc1ccc(Cl)c(Cl)c1. The molecule has 0 bridgehead atoms. The summed E-state index contributed by atoms with van der Waals surface area (Å²) < 4.78 is 39.5. The van der Waals surface area contributed by atoms with E-state index >= 15 is 0 Å². The highest BCUT2D eigenvalue weighted by Crippen LogP contribution is 2.36. The number of amides is 1. The second-order valence-corrected chi connectivity index (χ2v) is 6.59. The third-order valence-electron chi connectivity index (χ3n) is 3.28. The Morgan fingerprint density at radius 1 is 1.33 bits per heavy atom. The first-order chi connectivity index (χ1) is 11.0. The number of carbonyl (C=O) groups is 1. The van der Waals surface area contributed by atoms with E-state index in [0.717, 1.165) is 4.68 Å². The fourth-order valence-corrected chi connectivity index (χ4v) is 2.77. The van der Waals surface area contributed by atoms with Gasteiger partial charge in [0.15, 0.2) is 5.69 Å². The molecule has 1 unspecified atom stereocenters. The van der Waals surface area contributed by atoms with Crippen molar-refractivity contribution >= 4 is 50.7 Å². The maximum Gasteiger partial charge on any atom is 0.436 e. The molecule has 1 heterocycles. The lowest BCUT2D eigenvalue weighted by Gasteiger charge is -2.15.